The minimum absolute atomic E-state index is 0.0331. The van der Waals surface area contributed by atoms with Crippen LogP contribution in [-0.4, -0.2) is 23.4 Å². The minimum atomic E-state index is -0.673. The van der Waals surface area contributed by atoms with Gasteiger partial charge in [0.25, 0.3) is 11.6 Å². The molecule has 9 heteroatoms. The molecule has 0 saturated heterocycles. The van der Waals surface area contributed by atoms with Crippen LogP contribution in [0.4, 0.5) is 15.8 Å². The van der Waals surface area contributed by atoms with Crippen LogP contribution in [0.1, 0.15) is 12.0 Å². The van der Waals surface area contributed by atoms with Gasteiger partial charge in [-0.1, -0.05) is 23.7 Å². The first-order valence-electron chi connectivity index (χ1n) is 7.49. The number of esters is 1. The van der Waals surface area contributed by atoms with Gasteiger partial charge in [0.1, 0.15) is 10.8 Å². The molecule has 0 radical (unpaired) electrons. The first-order chi connectivity index (χ1) is 12.3. The number of nitrogens with zero attached hydrogens (tertiary/aromatic N) is 1. The van der Waals surface area contributed by atoms with Crippen LogP contribution in [0.3, 0.4) is 0 Å². The van der Waals surface area contributed by atoms with Crippen molar-refractivity contribution in [2.75, 3.05) is 11.9 Å². The number of aryl methyl sites for hydroxylation is 1. The van der Waals surface area contributed by atoms with Gasteiger partial charge < -0.3 is 10.1 Å². The van der Waals surface area contributed by atoms with Gasteiger partial charge in [-0.05, 0) is 36.2 Å². The summed E-state index contributed by atoms with van der Waals surface area (Å²) in [4.78, 5) is 33.5. The zero-order valence-corrected chi connectivity index (χ0v) is 14.2. The average molecular weight is 381 g/mol. The Morgan fingerprint density at radius 1 is 1.19 bits per heavy atom. The lowest BCUT2D eigenvalue weighted by Crippen LogP contribution is -2.21. The highest BCUT2D eigenvalue weighted by Crippen LogP contribution is 2.27. The van der Waals surface area contributed by atoms with E-state index < -0.39 is 23.4 Å². The quantitative estimate of drug-likeness (QED) is 0.450. The Balaban J connectivity index is 1.79. The lowest BCUT2D eigenvalue weighted by atomic mass is 10.1. The van der Waals surface area contributed by atoms with E-state index in [0.717, 1.165) is 11.6 Å². The number of nitro benzene ring substituents is 1. The third-order valence-electron chi connectivity index (χ3n) is 3.32. The molecule has 7 nitrogen and oxygen atoms in total. The molecule has 0 aliphatic carbocycles. The predicted molar refractivity (Wildman–Crippen MR) is 92.4 cm³/mol. The third kappa shape index (κ3) is 5.82. The summed E-state index contributed by atoms with van der Waals surface area (Å²) >= 11 is 5.68. The molecule has 0 aliphatic heterocycles. The molecule has 1 amide bonds. The normalized spacial score (nSPS) is 10.2. The lowest BCUT2D eigenvalue weighted by molar-refractivity contribution is -0.384. The fourth-order valence-electron chi connectivity index (χ4n) is 2.04. The van der Waals surface area contributed by atoms with E-state index in [1.54, 1.807) is 12.1 Å². The predicted octanol–water partition coefficient (Wildman–Crippen LogP) is 3.50. The number of carbonyl (C=O) groups excluding carboxylic acids is 2. The number of rotatable bonds is 7. The largest absolute Gasteiger partial charge is 0.456 e. The van der Waals surface area contributed by atoms with Gasteiger partial charge in [-0.15, -0.1) is 0 Å². The van der Waals surface area contributed by atoms with Crippen molar-refractivity contribution in [2.45, 2.75) is 12.8 Å². The highest BCUT2D eigenvalue weighted by Gasteiger charge is 2.14. The highest BCUT2D eigenvalue weighted by molar-refractivity contribution is 6.32. The van der Waals surface area contributed by atoms with Gasteiger partial charge in [0.2, 0.25) is 0 Å². The van der Waals surface area contributed by atoms with Gasteiger partial charge in [-0.25, -0.2) is 4.39 Å². The van der Waals surface area contributed by atoms with E-state index in [4.69, 9.17) is 16.3 Å². The van der Waals surface area contributed by atoms with E-state index in [1.807, 2.05) is 0 Å². The van der Waals surface area contributed by atoms with E-state index in [2.05, 4.69) is 5.32 Å². The summed E-state index contributed by atoms with van der Waals surface area (Å²) in [5, 5.41) is 13.1. The Hall–Kier alpha value is -3.00. The van der Waals surface area contributed by atoms with Gasteiger partial charge in [0, 0.05) is 18.2 Å². The Morgan fingerprint density at radius 2 is 1.88 bits per heavy atom. The monoisotopic (exact) mass is 380 g/mol. The van der Waals surface area contributed by atoms with Gasteiger partial charge in [-0.3, -0.25) is 19.7 Å². The van der Waals surface area contributed by atoms with Crippen molar-refractivity contribution in [2.24, 2.45) is 0 Å². The van der Waals surface area contributed by atoms with Crippen LogP contribution in [0.2, 0.25) is 5.02 Å². The molecule has 0 bridgehead atoms. The number of carbonyl (C=O) groups is 2. The zero-order chi connectivity index (χ0) is 19.1. The molecular formula is C17H14ClFN2O5. The van der Waals surface area contributed by atoms with Gasteiger partial charge >= 0.3 is 5.97 Å². The average Bonchev–Trinajstić information content (AvgIpc) is 2.61. The van der Waals surface area contributed by atoms with E-state index in [1.165, 1.54) is 24.3 Å². The molecule has 0 atom stereocenters. The topological polar surface area (TPSA) is 98.5 Å². The van der Waals surface area contributed by atoms with Crippen molar-refractivity contribution in [1.82, 2.24) is 0 Å². The van der Waals surface area contributed by atoms with E-state index in [9.17, 15) is 24.1 Å². The van der Waals surface area contributed by atoms with Crippen LogP contribution in [0.25, 0.3) is 0 Å². The molecule has 0 saturated carbocycles. The number of ether oxygens (including phenoxy) is 1. The summed E-state index contributed by atoms with van der Waals surface area (Å²) in [5.74, 6) is -1.60. The highest BCUT2D eigenvalue weighted by atomic mass is 35.5. The van der Waals surface area contributed by atoms with Crippen molar-refractivity contribution in [3.05, 3.63) is 69.0 Å². The fraction of sp³-hybridized carbons (Fsp3) is 0.176. The Labute approximate surface area is 152 Å². The molecular weight excluding hydrogens is 367 g/mol. The van der Waals surface area contributed by atoms with Crippen LogP contribution < -0.4 is 5.32 Å². The molecule has 0 aromatic heterocycles. The molecule has 2 aromatic rings. The maximum absolute atomic E-state index is 12.8. The van der Waals surface area contributed by atoms with Crippen LogP contribution in [0.15, 0.2) is 42.5 Å². The molecule has 1 N–H and O–H groups in total. The van der Waals surface area contributed by atoms with Gasteiger partial charge in [0.05, 0.1) is 4.92 Å². The number of anilines is 1. The van der Waals surface area contributed by atoms with Crippen LogP contribution in [0.5, 0.6) is 0 Å². The SMILES string of the molecule is O=C(COC(=O)CCc1ccc(F)cc1)Nc1ccc(Cl)c([N+](=O)[O-])c1. The Morgan fingerprint density at radius 3 is 2.54 bits per heavy atom. The number of nitro groups is 1. The van der Waals surface area contributed by atoms with Crippen molar-refractivity contribution in [3.63, 3.8) is 0 Å². The summed E-state index contributed by atoms with van der Waals surface area (Å²) in [7, 11) is 0. The van der Waals surface area contributed by atoms with Crippen molar-refractivity contribution >= 4 is 34.9 Å². The molecule has 0 fully saturated rings. The van der Waals surface area contributed by atoms with Crippen molar-refractivity contribution in [1.29, 1.82) is 0 Å². The van der Waals surface area contributed by atoms with Gasteiger partial charge in [0.15, 0.2) is 6.61 Å². The summed E-state index contributed by atoms with van der Waals surface area (Å²) in [6.45, 7) is -0.529. The molecule has 2 rings (SSSR count). The second-order valence-electron chi connectivity index (χ2n) is 5.26. The standard InChI is InChI=1S/C17H14ClFN2O5/c18-14-7-6-13(9-15(14)21(24)25)20-16(22)10-26-17(23)8-3-11-1-4-12(19)5-2-11/h1-2,4-7,9H,3,8,10H2,(H,20,22). The molecule has 0 unspecified atom stereocenters. The summed E-state index contributed by atoms with van der Waals surface area (Å²) in [6.07, 6.45) is 0.384. The molecule has 2 aromatic carbocycles. The first kappa shape index (κ1) is 19.3. The third-order valence-corrected chi connectivity index (χ3v) is 3.64. The summed E-state index contributed by atoms with van der Waals surface area (Å²) in [5.41, 5.74) is 0.579. The lowest BCUT2D eigenvalue weighted by Gasteiger charge is -2.07. The summed E-state index contributed by atoms with van der Waals surface area (Å²) in [6, 6.07) is 9.48. The number of benzene rings is 2. The second-order valence-corrected chi connectivity index (χ2v) is 5.67. The maximum Gasteiger partial charge on any atom is 0.306 e. The van der Waals surface area contributed by atoms with Gasteiger partial charge in [-0.2, -0.15) is 0 Å². The number of amides is 1. The molecule has 0 spiro atoms. The molecule has 26 heavy (non-hydrogen) atoms. The number of hydrogen-bond donors (Lipinski definition) is 1. The van der Waals surface area contributed by atoms with E-state index in [0.29, 0.717) is 6.42 Å². The summed E-state index contributed by atoms with van der Waals surface area (Å²) < 4.78 is 17.6. The fourth-order valence-corrected chi connectivity index (χ4v) is 2.23. The Bertz CT molecular complexity index is 826. The first-order valence-corrected chi connectivity index (χ1v) is 7.87. The molecule has 0 heterocycles. The van der Waals surface area contributed by atoms with E-state index >= 15 is 0 Å². The van der Waals surface area contributed by atoms with Crippen LogP contribution >= 0.6 is 11.6 Å². The molecule has 0 aliphatic rings. The van der Waals surface area contributed by atoms with Crippen LogP contribution in [-0.2, 0) is 20.7 Å². The smallest absolute Gasteiger partial charge is 0.306 e. The van der Waals surface area contributed by atoms with Crippen LogP contribution in [0, 0.1) is 15.9 Å². The minimum Gasteiger partial charge on any atom is -0.456 e. The number of nitrogens with one attached hydrogen (secondary N) is 1. The second kappa shape index (κ2) is 8.91. The zero-order valence-electron chi connectivity index (χ0n) is 13.4. The maximum atomic E-state index is 12.8. The van der Waals surface area contributed by atoms with E-state index in [-0.39, 0.29) is 28.6 Å². The van der Waals surface area contributed by atoms with Crippen molar-refractivity contribution in [3.8, 4) is 0 Å². The number of hydrogen-bond acceptors (Lipinski definition) is 5. The Kier molecular flexibility index (Phi) is 6.62. The molecule has 136 valence electrons. The van der Waals surface area contributed by atoms with Crippen molar-refractivity contribution < 1.29 is 23.6 Å². The number of halogens is 2.